The van der Waals surface area contributed by atoms with Crippen molar-refractivity contribution in [2.45, 2.75) is 12.5 Å². The third-order valence-corrected chi connectivity index (χ3v) is 4.35. The highest BCUT2D eigenvalue weighted by molar-refractivity contribution is 6.33. The highest BCUT2D eigenvalue weighted by Gasteiger charge is 2.35. The average Bonchev–Trinajstić information content (AvgIpc) is 3.17. The molecule has 0 unspecified atom stereocenters. The lowest BCUT2D eigenvalue weighted by Crippen LogP contribution is -2.23. The number of hydrogen-bond acceptors (Lipinski definition) is 4. The minimum absolute atomic E-state index is 0.0678. The molecule has 0 radical (unpaired) electrons. The number of nitrogens with zero attached hydrogens (tertiary/aromatic N) is 3. The van der Waals surface area contributed by atoms with Crippen molar-refractivity contribution in [1.29, 1.82) is 0 Å². The van der Waals surface area contributed by atoms with Gasteiger partial charge in [-0.2, -0.15) is 4.98 Å². The first-order chi connectivity index (χ1) is 12.6. The fourth-order valence-corrected chi connectivity index (χ4v) is 2.94. The molecule has 0 fully saturated rings. The third-order valence-electron chi connectivity index (χ3n) is 4.02. The van der Waals surface area contributed by atoms with Crippen LogP contribution < -0.4 is 10.6 Å². The summed E-state index contributed by atoms with van der Waals surface area (Å²) in [6.07, 6.45) is -0.0678. The van der Waals surface area contributed by atoms with Gasteiger partial charge >= 0.3 is 0 Å². The molecule has 8 heteroatoms. The topological polar surface area (TPSA) is 88.9 Å². The summed E-state index contributed by atoms with van der Waals surface area (Å²) in [7, 11) is 0. The molecule has 2 aromatic carbocycles. The highest BCUT2D eigenvalue weighted by Crippen LogP contribution is 2.29. The van der Waals surface area contributed by atoms with Crippen molar-refractivity contribution in [1.82, 2.24) is 14.8 Å². The van der Waals surface area contributed by atoms with Gasteiger partial charge in [0.1, 0.15) is 6.04 Å². The van der Waals surface area contributed by atoms with Crippen molar-refractivity contribution >= 4 is 35.1 Å². The Balaban J connectivity index is 1.53. The molecular formula is C18H14ClN5O2. The van der Waals surface area contributed by atoms with Crippen molar-refractivity contribution in [3.05, 3.63) is 59.6 Å². The molecule has 130 valence electrons. The van der Waals surface area contributed by atoms with Crippen LogP contribution >= 0.6 is 11.6 Å². The Hall–Kier alpha value is -3.19. The second-order valence-corrected chi connectivity index (χ2v) is 6.21. The van der Waals surface area contributed by atoms with Crippen molar-refractivity contribution in [3.63, 3.8) is 0 Å². The molecule has 2 heterocycles. The van der Waals surface area contributed by atoms with E-state index in [1.807, 2.05) is 30.3 Å². The number of halogens is 1. The van der Waals surface area contributed by atoms with Crippen LogP contribution in [0.1, 0.15) is 12.5 Å². The van der Waals surface area contributed by atoms with E-state index in [1.165, 1.54) is 4.68 Å². The number of para-hydroxylation sites is 1. The van der Waals surface area contributed by atoms with Gasteiger partial charge in [-0.3, -0.25) is 14.9 Å². The summed E-state index contributed by atoms with van der Waals surface area (Å²) in [6, 6.07) is 15.6. The normalized spacial score (nSPS) is 15.4. The fourth-order valence-electron chi connectivity index (χ4n) is 2.76. The van der Waals surface area contributed by atoms with Gasteiger partial charge in [0.25, 0.3) is 5.91 Å². The quantitative estimate of drug-likeness (QED) is 0.741. The number of rotatable bonds is 4. The van der Waals surface area contributed by atoms with Crippen LogP contribution in [0.2, 0.25) is 5.02 Å². The van der Waals surface area contributed by atoms with E-state index in [9.17, 15) is 9.59 Å². The number of anilines is 2. The van der Waals surface area contributed by atoms with E-state index in [2.05, 4.69) is 20.7 Å². The van der Waals surface area contributed by atoms with Crippen LogP contribution in [0.15, 0.2) is 54.6 Å². The highest BCUT2D eigenvalue weighted by atomic mass is 35.5. The molecule has 0 saturated carbocycles. The summed E-state index contributed by atoms with van der Waals surface area (Å²) in [5.41, 5.74) is 1.34. The summed E-state index contributed by atoms with van der Waals surface area (Å²) in [6.45, 7) is 0. The van der Waals surface area contributed by atoms with Crippen LogP contribution in [-0.2, 0) is 9.59 Å². The lowest BCUT2D eigenvalue weighted by Gasteiger charge is -2.10. The van der Waals surface area contributed by atoms with Gasteiger partial charge in [-0.15, -0.1) is 5.10 Å². The molecule has 3 aromatic rings. The molecule has 2 N–H and O–H groups in total. The Kier molecular flexibility index (Phi) is 4.14. The molecule has 0 saturated heterocycles. The van der Waals surface area contributed by atoms with Crippen molar-refractivity contribution in [2.24, 2.45) is 0 Å². The van der Waals surface area contributed by atoms with Crippen molar-refractivity contribution in [2.75, 3.05) is 10.6 Å². The molecule has 1 aromatic heterocycles. The summed E-state index contributed by atoms with van der Waals surface area (Å²) in [5.74, 6) is 0.193. The van der Waals surface area contributed by atoms with Crippen LogP contribution in [0.25, 0.3) is 11.4 Å². The fraction of sp³-hybridized carbons (Fsp3) is 0.111. The van der Waals surface area contributed by atoms with E-state index in [0.717, 1.165) is 5.56 Å². The van der Waals surface area contributed by atoms with Crippen LogP contribution in [0, 0.1) is 0 Å². The van der Waals surface area contributed by atoms with Gasteiger partial charge in [0.2, 0.25) is 11.9 Å². The number of carbonyl (C=O) groups is 2. The summed E-state index contributed by atoms with van der Waals surface area (Å²) in [5, 5.41) is 10.2. The van der Waals surface area contributed by atoms with E-state index >= 15 is 0 Å². The second kappa shape index (κ2) is 6.61. The van der Waals surface area contributed by atoms with E-state index in [4.69, 9.17) is 11.6 Å². The molecule has 1 aliphatic rings. The number of fused-ring (bicyclic) bond motifs is 1. The minimum Gasteiger partial charge on any atom is -0.325 e. The van der Waals surface area contributed by atoms with Gasteiger partial charge in [0.05, 0.1) is 17.1 Å². The van der Waals surface area contributed by atoms with E-state index in [0.29, 0.717) is 22.5 Å². The van der Waals surface area contributed by atoms with Gasteiger partial charge in [0, 0.05) is 5.56 Å². The number of nitrogens with one attached hydrogen (secondary N) is 2. The predicted molar refractivity (Wildman–Crippen MR) is 97.8 cm³/mol. The molecule has 1 aliphatic heterocycles. The van der Waals surface area contributed by atoms with Gasteiger partial charge in [-0.25, -0.2) is 4.68 Å². The number of hydrogen-bond donors (Lipinski definition) is 2. The number of carbonyl (C=O) groups excluding carboxylic acids is 2. The Morgan fingerprint density at radius 3 is 2.65 bits per heavy atom. The minimum atomic E-state index is -0.752. The number of benzene rings is 2. The molecule has 0 aliphatic carbocycles. The maximum absolute atomic E-state index is 12.3. The molecule has 0 bridgehead atoms. The monoisotopic (exact) mass is 367 g/mol. The van der Waals surface area contributed by atoms with Crippen LogP contribution in [0.5, 0.6) is 0 Å². The van der Waals surface area contributed by atoms with Crippen molar-refractivity contribution < 1.29 is 9.59 Å². The Morgan fingerprint density at radius 1 is 1.15 bits per heavy atom. The second-order valence-electron chi connectivity index (χ2n) is 5.81. The molecule has 4 rings (SSSR count). The summed E-state index contributed by atoms with van der Waals surface area (Å²) < 4.78 is 1.46. The van der Waals surface area contributed by atoms with E-state index in [1.54, 1.807) is 24.3 Å². The Labute approximate surface area is 154 Å². The van der Waals surface area contributed by atoms with Gasteiger partial charge in [-0.05, 0) is 12.1 Å². The lowest BCUT2D eigenvalue weighted by molar-refractivity contribution is -0.123. The van der Waals surface area contributed by atoms with Crippen LogP contribution in [0.3, 0.4) is 0 Å². The zero-order chi connectivity index (χ0) is 18.1. The molecule has 7 nitrogen and oxygen atoms in total. The first kappa shape index (κ1) is 16.3. The smallest absolute Gasteiger partial charge is 0.252 e. The van der Waals surface area contributed by atoms with Crippen molar-refractivity contribution in [3.8, 4) is 11.4 Å². The molecule has 1 atom stereocenters. The first-order valence-corrected chi connectivity index (χ1v) is 8.37. The van der Waals surface area contributed by atoms with Crippen LogP contribution in [-0.4, -0.2) is 26.6 Å². The largest absolute Gasteiger partial charge is 0.325 e. The number of amides is 2. The predicted octanol–water partition coefficient (Wildman–Crippen LogP) is 3.12. The summed E-state index contributed by atoms with van der Waals surface area (Å²) >= 11 is 6.04. The standard InChI is InChI=1S/C18H14ClN5O2/c19-12-8-4-5-9-13(12)20-15(25)10-14-17(26)22-18-21-16(23-24(14)18)11-6-2-1-3-7-11/h1-9,14H,10H2,(H,20,25)(H,21,22,23,26)/t14-/m1/s1. The lowest BCUT2D eigenvalue weighted by atomic mass is 10.2. The maximum atomic E-state index is 12.3. The molecule has 2 amide bonds. The molecule has 26 heavy (non-hydrogen) atoms. The van der Waals surface area contributed by atoms with Crippen LogP contribution in [0.4, 0.5) is 11.6 Å². The van der Waals surface area contributed by atoms with E-state index in [-0.39, 0.29) is 18.2 Å². The number of aromatic nitrogens is 3. The zero-order valence-electron chi connectivity index (χ0n) is 13.5. The van der Waals surface area contributed by atoms with Gasteiger partial charge in [0.15, 0.2) is 5.82 Å². The average molecular weight is 368 g/mol. The molecular weight excluding hydrogens is 354 g/mol. The first-order valence-electron chi connectivity index (χ1n) is 7.99. The maximum Gasteiger partial charge on any atom is 0.252 e. The Bertz CT molecular complexity index is 986. The summed E-state index contributed by atoms with van der Waals surface area (Å²) in [4.78, 5) is 28.9. The third kappa shape index (κ3) is 3.04. The molecule has 0 spiro atoms. The zero-order valence-corrected chi connectivity index (χ0v) is 14.3. The van der Waals surface area contributed by atoms with E-state index < -0.39 is 6.04 Å². The van der Waals surface area contributed by atoms with Gasteiger partial charge < -0.3 is 5.32 Å². The Morgan fingerprint density at radius 2 is 1.88 bits per heavy atom. The SMILES string of the molecule is O=C(C[C@@H]1C(=O)Nc2nc(-c3ccccc3)nn21)Nc1ccccc1Cl. The van der Waals surface area contributed by atoms with Gasteiger partial charge in [-0.1, -0.05) is 54.1 Å².